The van der Waals surface area contributed by atoms with Crippen molar-refractivity contribution in [3.63, 3.8) is 0 Å². The van der Waals surface area contributed by atoms with Crippen molar-refractivity contribution in [2.75, 3.05) is 0 Å². The van der Waals surface area contributed by atoms with Crippen LogP contribution in [0, 0.1) is 6.92 Å². The maximum absolute atomic E-state index is 8.60. The summed E-state index contributed by atoms with van der Waals surface area (Å²) in [5.41, 5.74) is 0.913. The van der Waals surface area contributed by atoms with Crippen molar-refractivity contribution in [2.45, 2.75) is 6.92 Å². The highest BCUT2D eigenvalue weighted by Gasteiger charge is 1.84. The van der Waals surface area contributed by atoms with Crippen LogP contribution < -0.4 is 10.6 Å². The third kappa shape index (κ3) is 1.16. The second-order valence-corrected chi connectivity index (χ2v) is 2.12. The van der Waals surface area contributed by atoms with Crippen LogP contribution in [0.5, 0.6) is 0 Å². The fourth-order valence-corrected chi connectivity index (χ4v) is 0.739. The predicted octanol–water partition coefficient (Wildman–Crippen LogP) is 0.0963. The molecule has 2 heteroatoms. The van der Waals surface area contributed by atoms with Crippen LogP contribution in [0.15, 0.2) is 12.1 Å². The van der Waals surface area contributed by atoms with E-state index in [4.69, 9.17) is 5.11 Å². The molecule has 0 aromatic carbocycles. The summed E-state index contributed by atoms with van der Waals surface area (Å²) in [6, 6.07) is 3.61. The minimum Gasteiger partial charge on any atom is -0.515 e. The minimum atomic E-state index is 0.613. The van der Waals surface area contributed by atoms with Crippen molar-refractivity contribution >= 4 is 12.8 Å². The van der Waals surface area contributed by atoms with Crippen molar-refractivity contribution in [3.05, 3.63) is 28.4 Å². The number of aryl methyl sites for hydroxylation is 1. The van der Waals surface area contributed by atoms with Crippen molar-refractivity contribution in [1.29, 1.82) is 0 Å². The zero-order valence-corrected chi connectivity index (χ0v) is 5.83. The number of rotatable bonds is 0. The summed E-state index contributed by atoms with van der Waals surface area (Å²) in [5, 5.41) is 9.89. The van der Waals surface area contributed by atoms with E-state index in [-0.39, 0.29) is 0 Å². The number of hydrogen-bond donors (Lipinski definition) is 1. The quantitative estimate of drug-likeness (QED) is 0.547. The summed E-state index contributed by atoms with van der Waals surface area (Å²) < 4.78 is 0. The molecule has 0 aliphatic carbocycles. The first-order valence-electron chi connectivity index (χ1n) is 3.01. The van der Waals surface area contributed by atoms with Crippen LogP contribution in [0.4, 0.5) is 0 Å². The molecule has 0 unspecified atom stereocenters. The van der Waals surface area contributed by atoms with Gasteiger partial charge in [-0.25, -0.2) is 0 Å². The largest absolute Gasteiger partial charge is 0.515 e. The summed E-state index contributed by atoms with van der Waals surface area (Å²) >= 11 is 0. The molecule has 0 bridgehead atoms. The number of aliphatic hydroxyl groups is 1. The van der Waals surface area contributed by atoms with E-state index in [0.717, 1.165) is 12.0 Å². The Morgan fingerprint density at radius 2 is 2.30 bits per heavy atom. The number of pyridine rings is 1. The Balaban J connectivity index is 3.50. The fourth-order valence-electron chi connectivity index (χ4n) is 0.739. The van der Waals surface area contributed by atoms with Gasteiger partial charge in [0.1, 0.15) is 0 Å². The maximum Gasteiger partial charge on any atom is 0.0885 e. The van der Waals surface area contributed by atoms with E-state index in [1.807, 2.05) is 13.0 Å². The molecule has 2 nitrogen and oxygen atoms in total. The van der Waals surface area contributed by atoms with E-state index in [9.17, 15) is 0 Å². The second kappa shape index (κ2) is 2.52. The van der Waals surface area contributed by atoms with E-state index >= 15 is 0 Å². The molecule has 0 aliphatic rings. The monoisotopic (exact) mass is 135 g/mol. The van der Waals surface area contributed by atoms with Gasteiger partial charge in [0, 0.05) is 10.9 Å². The van der Waals surface area contributed by atoms with Crippen LogP contribution in [0.1, 0.15) is 5.69 Å². The van der Waals surface area contributed by atoms with Gasteiger partial charge in [-0.2, -0.15) is 0 Å². The van der Waals surface area contributed by atoms with Crippen LogP contribution >= 0.6 is 0 Å². The minimum absolute atomic E-state index is 0.613. The molecule has 1 heterocycles. The second-order valence-electron chi connectivity index (χ2n) is 2.12. The van der Waals surface area contributed by atoms with Crippen LogP contribution in [0.3, 0.4) is 0 Å². The average Bonchev–Trinajstić information content (AvgIpc) is 1.88. The van der Waals surface area contributed by atoms with Gasteiger partial charge in [-0.1, -0.05) is 6.58 Å². The Bertz CT molecular complexity index is 330. The van der Waals surface area contributed by atoms with E-state index in [1.165, 1.54) is 0 Å². The van der Waals surface area contributed by atoms with Gasteiger partial charge in [-0.15, -0.1) is 0 Å². The van der Waals surface area contributed by atoms with Gasteiger partial charge >= 0.3 is 0 Å². The molecule has 0 amide bonds. The number of nitrogens with zero attached hydrogens (tertiary/aromatic N) is 1. The van der Waals surface area contributed by atoms with Gasteiger partial charge in [-0.3, -0.25) is 4.98 Å². The van der Waals surface area contributed by atoms with Crippen LogP contribution in [0.2, 0.25) is 0 Å². The Morgan fingerprint density at radius 1 is 1.60 bits per heavy atom. The van der Waals surface area contributed by atoms with Crippen LogP contribution in [0.25, 0.3) is 12.8 Å². The lowest BCUT2D eigenvalue weighted by molar-refractivity contribution is 0.539. The fraction of sp³-hybridized carbons (Fsp3) is 0.125. The van der Waals surface area contributed by atoms with Crippen molar-refractivity contribution in [1.82, 2.24) is 4.98 Å². The first-order valence-corrected chi connectivity index (χ1v) is 3.01. The SMILES string of the molecule is C=c1nc(C)cc/c1=C/O. The Morgan fingerprint density at radius 3 is 2.80 bits per heavy atom. The predicted molar refractivity (Wildman–Crippen MR) is 40.8 cm³/mol. The van der Waals surface area contributed by atoms with Crippen molar-refractivity contribution in [2.24, 2.45) is 0 Å². The molecule has 10 heavy (non-hydrogen) atoms. The molecule has 1 N–H and O–H groups in total. The van der Waals surface area contributed by atoms with Crippen LogP contribution in [-0.4, -0.2) is 10.1 Å². The molecule has 1 aromatic rings. The zero-order chi connectivity index (χ0) is 7.56. The summed E-state index contributed by atoms with van der Waals surface area (Å²) in [7, 11) is 0. The molecule has 0 aliphatic heterocycles. The maximum atomic E-state index is 8.60. The van der Waals surface area contributed by atoms with E-state index in [0.29, 0.717) is 10.6 Å². The molecule has 1 rings (SSSR count). The average molecular weight is 135 g/mol. The van der Waals surface area contributed by atoms with E-state index in [1.54, 1.807) is 6.07 Å². The molecule has 0 saturated carbocycles. The summed E-state index contributed by atoms with van der Waals surface area (Å²) in [6.07, 6.45) is 1.01. The van der Waals surface area contributed by atoms with Gasteiger partial charge in [0.2, 0.25) is 0 Å². The lowest BCUT2D eigenvalue weighted by Crippen LogP contribution is -2.26. The Hall–Kier alpha value is -1.31. The smallest absolute Gasteiger partial charge is 0.0885 e. The topological polar surface area (TPSA) is 33.1 Å². The Labute approximate surface area is 59.2 Å². The molecule has 0 atom stereocenters. The molecule has 0 radical (unpaired) electrons. The van der Waals surface area contributed by atoms with Crippen LogP contribution in [-0.2, 0) is 0 Å². The highest BCUT2D eigenvalue weighted by atomic mass is 16.2. The number of aliphatic hydroxyl groups excluding tert-OH is 1. The number of aromatic nitrogens is 1. The first kappa shape index (κ1) is 6.81. The third-order valence-corrected chi connectivity index (χ3v) is 1.29. The van der Waals surface area contributed by atoms with Gasteiger partial charge in [-0.05, 0) is 19.1 Å². The normalized spacial score (nSPS) is 11.9. The highest BCUT2D eigenvalue weighted by molar-refractivity contribution is 5.17. The number of hydrogen-bond acceptors (Lipinski definition) is 2. The zero-order valence-electron chi connectivity index (χ0n) is 5.83. The summed E-state index contributed by atoms with van der Waals surface area (Å²) in [6.45, 7) is 5.53. The van der Waals surface area contributed by atoms with Gasteiger partial charge in [0.05, 0.1) is 11.6 Å². The summed E-state index contributed by atoms with van der Waals surface area (Å²) in [4.78, 5) is 4.04. The van der Waals surface area contributed by atoms with E-state index < -0.39 is 0 Å². The molecule has 0 spiro atoms. The lowest BCUT2D eigenvalue weighted by atomic mass is 10.3. The molecule has 0 fully saturated rings. The molecule has 52 valence electrons. The standard InChI is InChI=1S/C8H9NO/c1-6-3-4-8(5-10)7(2)9-6/h3-5,10H,2H2,1H3/b8-5-. The molecular weight excluding hydrogens is 126 g/mol. The van der Waals surface area contributed by atoms with Gasteiger partial charge in [0.15, 0.2) is 0 Å². The molecular formula is C8H9NO. The van der Waals surface area contributed by atoms with Crippen molar-refractivity contribution in [3.8, 4) is 0 Å². The van der Waals surface area contributed by atoms with Crippen molar-refractivity contribution < 1.29 is 5.11 Å². The first-order chi connectivity index (χ1) is 4.74. The third-order valence-electron chi connectivity index (χ3n) is 1.29. The highest BCUT2D eigenvalue weighted by Crippen LogP contribution is 1.79. The van der Waals surface area contributed by atoms with Gasteiger partial charge in [0.25, 0.3) is 0 Å². The van der Waals surface area contributed by atoms with E-state index in [2.05, 4.69) is 11.6 Å². The molecule has 0 saturated heterocycles. The Kier molecular flexibility index (Phi) is 1.71. The van der Waals surface area contributed by atoms with Gasteiger partial charge < -0.3 is 5.11 Å². The summed E-state index contributed by atoms with van der Waals surface area (Å²) in [5.74, 6) is 0. The molecule has 1 aromatic heterocycles. The lowest BCUT2D eigenvalue weighted by Gasteiger charge is -1.88.